The van der Waals surface area contributed by atoms with Gasteiger partial charge in [0.25, 0.3) is 11.1 Å². The molecular formula is C29H20F4N4O5S. The lowest BCUT2D eigenvalue weighted by atomic mass is 10.1. The zero-order valence-corrected chi connectivity index (χ0v) is 23.2. The van der Waals surface area contributed by atoms with Gasteiger partial charge in [-0.25, -0.2) is 13.9 Å². The van der Waals surface area contributed by atoms with E-state index in [-0.39, 0.29) is 12.2 Å². The Balaban J connectivity index is 1.20. The van der Waals surface area contributed by atoms with Gasteiger partial charge < -0.3 is 23.9 Å². The van der Waals surface area contributed by atoms with Gasteiger partial charge in [0.05, 0.1) is 31.4 Å². The van der Waals surface area contributed by atoms with Crippen molar-refractivity contribution in [2.45, 2.75) is 12.8 Å². The monoisotopic (exact) mass is 612 g/mol. The standard InChI is InChI=1S/C29H20F4N4O5S/c1-39-18-10-23(19-12-25(42-24(19)11-18)22-13-37-27(35-22)43-28(36-37)40-2)41-14-15-4-3-5-17(8-15)34-26(38)16-6-7-20(21(30)9-16)29(31,32)33/h3-13H,14H2,1-2H3,(H,34,38). The van der Waals surface area contributed by atoms with E-state index in [4.69, 9.17) is 18.6 Å². The first-order valence-corrected chi connectivity index (χ1v) is 13.3. The van der Waals surface area contributed by atoms with Crippen LogP contribution in [-0.4, -0.2) is 34.7 Å². The molecule has 14 heteroatoms. The van der Waals surface area contributed by atoms with E-state index in [1.807, 2.05) is 0 Å². The number of hydrogen-bond donors (Lipinski definition) is 1. The Morgan fingerprint density at radius 3 is 2.63 bits per heavy atom. The fraction of sp³-hybridized carbons (Fsp3) is 0.138. The van der Waals surface area contributed by atoms with Crippen LogP contribution in [0.25, 0.3) is 27.4 Å². The Hall–Kier alpha value is -5.11. The number of benzene rings is 3. The molecule has 0 saturated carbocycles. The average Bonchev–Trinajstić information content (AvgIpc) is 3.68. The molecule has 0 radical (unpaired) electrons. The Bertz CT molecular complexity index is 1950. The van der Waals surface area contributed by atoms with Crippen molar-refractivity contribution in [1.82, 2.24) is 14.6 Å². The molecule has 0 fully saturated rings. The minimum Gasteiger partial charge on any atom is -0.496 e. The number of anilines is 1. The van der Waals surface area contributed by atoms with Crippen molar-refractivity contribution in [3.8, 4) is 28.1 Å². The van der Waals surface area contributed by atoms with Crippen LogP contribution in [0.4, 0.5) is 23.2 Å². The molecule has 6 rings (SSSR count). The predicted octanol–water partition coefficient (Wildman–Crippen LogP) is 7.21. The number of halogens is 4. The predicted molar refractivity (Wildman–Crippen MR) is 149 cm³/mol. The van der Waals surface area contributed by atoms with Crippen LogP contribution in [0.3, 0.4) is 0 Å². The molecule has 0 spiro atoms. The molecule has 1 N–H and O–H groups in total. The van der Waals surface area contributed by atoms with Gasteiger partial charge >= 0.3 is 6.18 Å². The molecule has 9 nitrogen and oxygen atoms in total. The highest BCUT2D eigenvalue weighted by molar-refractivity contribution is 7.18. The van der Waals surface area contributed by atoms with E-state index in [0.29, 0.717) is 67.5 Å². The fourth-order valence-corrected chi connectivity index (χ4v) is 5.02. The maximum absolute atomic E-state index is 14.0. The highest BCUT2D eigenvalue weighted by Gasteiger charge is 2.34. The second-order valence-electron chi connectivity index (χ2n) is 9.21. The van der Waals surface area contributed by atoms with Crippen LogP contribution in [0.2, 0.25) is 0 Å². The highest BCUT2D eigenvalue weighted by Crippen LogP contribution is 2.38. The number of methoxy groups -OCH3 is 2. The summed E-state index contributed by atoms with van der Waals surface area (Å²) in [6.45, 7) is 0.0886. The Morgan fingerprint density at radius 1 is 1.07 bits per heavy atom. The number of amides is 1. The smallest absolute Gasteiger partial charge is 0.419 e. The number of nitrogens with one attached hydrogen (secondary N) is 1. The Morgan fingerprint density at radius 2 is 1.91 bits per heavy atom. The van der Waals surface area contributed by atoms with Crippen LogP contribution in [-0.2, 0) is 12.8 Å². The lowest BCUT2D eigenvalue weighted by molar-refractivity contribution is -0.140. The van der Waals surface area contributed by atoms with Crippen LogP contribution in [0.15, 0.2) is 71.3 Å². The van der Waals surface area contributed by atoms with Gasteiger partial charge in [-0.1, -0.05) is 12.1 Å². The molecule has 0 saturated heterocycles. The first-order chi connectivity index (χ1) is 20.6. The summed E-state index contributed by atoms with van der Waals surface area (Å²) in [5, 5.41) is 8.00. The number of alkyl halides is 3. The number of carbonyl (C=O) groups excluding carboxylic acids is 1. The van der Waals surface area contributed by atoms with Gasteiger partial charge in [0.1, 0.15) is 35.2 Å². The second-order valence-corrected chi connectivity index (χ2v) is 10.1. The molecule has 0 aliphatic rings. The van der Waals surface area contributed by atoms with Crippen molar-refractivity contribution in [3.63, 3.8) is 0 Å². The number of aromatic nitrogens is 3. The van der Waals surface area contributed by atoms with Crippen molar-refractivity contribution in [3.05, 3.63) is 89.4 Å². The molecule has 0 atom stereocenters. The van der Waals surface area contributed by atoms with Crippen molar-refractivity contribution >= 4 is 38.9 Å². The van der Waals surface area contributed by atoms with E-state index in [9.17, 15) is 22.4 Å². The molecule has 220 valence electrons. The van der Waals surface area contributed by atoms with E-state index in [1.165, 1.54) is 25.6 Å². The first kappa shape index (κ1) is 28.0. The number of rotatable bonds is 8. The maximum Gasteiger partial charge on any atom is 0.419 e. The third-order valence-corrected chi connectivity index (χ3v) is 7.26. The Labute approximate surface area is 244 Å². The zero-order valence-electron chi connectivity index (χ0n) is 22.4. The minimum absolute atomic E-state index is 0.0886. The topological polar surface area (TPSA) is 100 Å². The van der Waals surface area contributed by atoms with Crippen LogP contribution in [0.5, 0.6) is 16.7 Å². The van der Waals surface area contributed by atoms with Crippen LogP contribution in [0.1, 0.15) is 21.5 Å². The van der Waals surface area contributed by atoms with E-state index >= 15 is 0 Å². The van der Waals surface area contributed by atoms with E-state index in [0.717, 1.165) is 6.07 Å². The third kappa shape index (κ3) is 5.68. The van der Waals surface area contributed by atoms with Crippen molar-refractivity contribution in [2.75, 3.05) is 19.5 Å². The number of fused-ring (bicyclic) bond motifs is 2. The minimum atomic E-state index is -4.86. The molecule has 1 amide bonds. The summed E-state index contributed by atoms with van der Waals surface area (Å²) in [4.78, 5) is 17.8. The van der Waals surface area contributed by atoms with Crippen molar-refractivity contribution in [1.29, 1.82) is 0 Å². The number of furan rings is 1. The molecule has 0 bridgehead atoms. The lowest BCUT2D eigenvalue weighted by Gasteiger charge is -2.12. The summed E-state index contributed by atoms with van der Waals surface area (Å²) >= 11 is 1.29. The SMILES string of the molecule is COc1cc(OCc2cccc(NC(=O)c3ccc(C(F)(F)F)c(F)c3)c2)c2cc(-c3cn4nc(OC)sc4n3)oc2c1. The van der Waals surface area contributed by atoms with E-state index in [1.54, 1.807) is 53.2 Å². The molecule has 6 aromatic rings. The lowest BCUT2D eigenvalue weighted by Crippen LogP contribution is -2.14. The van der Waals surface area contributed by atoms with Gasteiger partial charge in [0.2, 0.25) is 4.96 Å². The molecule has 3 aromatic heterocycles. The fourth-order valence-electron chi connectivity index (χ4n) is 4.32. The van der Waals surface area contributed by atoms with Gasteiger partial charge in [0, 0.05) is 23.4 Å². The number of nitrogens with zero attached hydrogens (tertiary/aromatic N) is 3. The maximum atomic E-state index is 14.0. The van der Waals surface area contributed by atoms with Crippen molar-refractivity contribution < 1.29 is 41.0 Å². The zero-order chi connectivity index (χ0) is 30.3. The summed E-state index contributed by atoms with van der Waals surface area (Å²) in [5.74, 6) is -0.822. The largest absolute Gasteiger partial charge is 0.496 e. The van der Waals surface area contributed by atoms with Crippen LogP contribution >= 0.6 is 11.3 Å². The summed E-state index contributed by atoms with van der Waals surface area (Å²) in [6.07, 6.45) is -3.13. The number of ether oxygens (including phenoxy) is 3. The summed E-state index contributed by atoms with van der Waals surface area (Å²) in [5.41, 5.74) is 0.398. The summed E-state index contributed by atoms with van der Waals surface area (Å²) in [7, 11) is 3.05. The van der Waals surface area contributed by atoms with Crippen LogP contribution in [0, 0.1) is 5.82 Å². The molecule has 0 aliphatic heterocycles. The van der Waals surface area contributed by atoms with Gasteiger partial charge in [-0.3, -0.25) is 4.79 Å². The normalized spacial score (nSPS) is 11.7. The first-order valence-electron chi connectivity index (χ1n) is 12.5. The second kappa shape index (κ2) is 10.9. The average molecular weight is 613 g/mol. The summed E-state index contributed by atoms with van der Waals surface area (Å²) < 4.78 is 76.8. The van der Waals surface area contributed by atoms with E-state index < -0.39 is 23.5 Å². The number of hydrogen-bond acceptors (Lipinski definition) is 8. The molecular weight excluding hydrogens is 592 g/mol. The molecule has 43 heavy (non-hydrogen) atoms. The van der Waals surface area contributed by atoms with Crippen molar-refractivity contribution in [2.24, 2.45) is 0 Å². The van der Waals surface area contributed by atoms with Crippen LogP contribution < -0.4 is 19.5 Å². The van der Waals surface area contributed by atoms with Gasteiger partial charge in [0.15, 0.2) is 5.76 Å². The summed E-state index contributed by atoms with van der Waals surface area (Å²) in [6, 6.07) is 13.9. The number of carbonyl (C=O) groups is 1. The molecule has 0 unspecified atom stereocenters. The molecule has 3 aromatic carbocycles. The van der Waals surface area contributed by atoms with Gasteiger partial charge in [-0.05, 0) is 53.3 Å². The van der Waals surface area contributed by atoms with E-state index in [2.05, 4.69) is 15.4 Å². The number of imidazole rings is 1. The van der Waals surface area contributed by atoms with Gasteiger partial charge in [-0.2, -0.15) is 13.2 Å². The molecule has 3 heterocycles. The van der Waals surface area contributed by atoms with Gasteiger partial charge in [-0.15, -0.1) is 5.10 Å². The Kier molecular flexibility index (Phi) is 7.13. The quantitative estimate of drug-likeness (QED) is 0.181. The highest BCUT2D eigenvalue weighted by atomic mass is 32.1. The third-order valence-electron chi connectivity index (χ3n) is 6.38. The molecule has 0 aliphatic carbocycles.